The van der Waals surface area contributed by atoms with Gasteiger partial charge in [-0.05, 0) is 109 Å². The number of hydrogen-bond donors (Lipinski definition) is 1. The smallest absolute Gasteiger partial charge is 0.0130 e. The number of hydrogen-bond acceptors (Lipinski definition) is 3. The second-order valence-corrected chi connectivity index (χ2v) is 11.4. The van der Waals surface area contributed by atoms with Gasteiger partial charge in [-0.3, -0.25) is 9.80 Å². The van der Waals surface area contributed by atoms with Gasteiger partial charge in [0.2, 0.25) is 0 Å². The lowest BCUT2D eigenvalue weighted by molar-refractivity contribution is 0.0360. The summed E-state index contributed by atoms with van der Waals surface area (Å²) in [6.07, 6.45) is 2.41. The minimum Gasteiger partial charge on any atom is -0.317 e. The zero-order valence-electron chi connectivity index (χ0n) is 19.6. The minimum absolute atomic E-state index is 0.220. The molecule has 0 saturated heterocycles. The summed E-state index contributed by atoms with van der Waals surface area (Å²) < 4.78 is 0. The molecular weight excluding hydrogens is 306 g/mol. The van der Waals surface area contributed by atoms with Crippen LogP contribution in [0.1, 0.15) is 95.9 Å². The van der Waals surface area contributed by atoms with Crippen molar-refractivity contribution >= 4 is 0 Å². The molecule has 0 aromatic heterocycles. The van der Waals surface area contributed by atoms with Gasteiger partial charge in [0.1, 0.15) is 0 Å². The second kappa shape index (κ2) is 9.19. The van der Waals surface area contributed by atoms with Crippen molar-refractivity contribution in [3.05, 3.63) is 0 Å². The molecule has 0 fully saturated rings. The molecule has 0 rings (SSSR count). The zero-order valence-corrected chi connectivity index (χ0v) is 19.6. The van der Waals surface area contributed by atoms with E-state index in [4.69, 9.17) is 0 Å². The molecule has 0 spiro atoms. The highest BCUT2D eigenvalue weighted by Gasteiger charge is 2.31. The Morgan fingerprint density at radius 3 is 0.920 bits per heavy atom. The SMILES string of the molecule is CC(C)(C)N(CCCNCCCN(C(C)(C)C)C(C)(C)C)C(C)(C)C. The van der Waals surface area contributed by atoms with Crippen LogP contribution in [0.5, 0.6) is 0 Å². The summed E-state index contributed by atoms with van der Waals surface area (Å²) in [6, 6.07) is 0. The fraction of sp³-hybridized carbons (Fsp3) is 1.00. The molecule has 0 unspecified atom stereocenters. The maximum absolute atomic E-state index is 3.65. The van der Waals surface area contributed by atoms with Gasteiger partial charge in [-0.2, -0.15) is 0 Å². The van der Waals surface area contributed by atoms with Crippen LogP contribution in [-0.2, 0) is 0 Å². The van der Waals surface area contributed by atoms with Crippen LogP contribution in [0.2, 0.25) is 0 Å². The van der Waals surface area contributed by atoms with E-state index in [1.54, 1.807) is 0 Å². The molecule has 0 saturated carbocycles. The lowest BCUT2D eigenvalue weighted by atomic mass is 9.95. The van der Waals surface area contributed by atoms with E-state index in [1.165, 1.54) is 12.8 Å². The van der Waals surface area contributed by atoms with Gasteiger partial charge in [-0.1, -0.05) is 0 Å². The Bertz CT molecular complexity index is 297. The lowest BCUT2D eigenvalue weighted by Crippen LogP contribution is -2.53. The van der Waals surface area contributed by atoms with Crippen molar-refractivity contribution in [2.24, 2.45) is 0 Å². The molecule has 0 atom stereocenters. The van der Waals surface area contributed by atoms with Gasteiger partial charge in [0.05, 0.1) is 0 Å². The summed E-state index contributed by atoms with van der Waals surface area (Å²) in [6.45, 7) is 32.3. The normalized spacial score (nSPS) is 14.6. The molecule has 25 heavy (non-hydrogen) atoms. The van der Waals surface area contributed by atoms with E-state index >= 15 is 0 Å². The summed E-state index contributed by atoms with van der Waals surface area (Å²) in [4.78, 5) is 5.23. The number of rotatable bonds is 8. The summed E-state index contributed by atoms with van der Waals surface area (Å²) in [5, 5.41) is 3.65. The minimum atomic E-state index is 0.220. The lowest BCUT2D eigenvalue weighted by Gasteiger charge is -2.45. The Balaban J connectivity index is 4.19. The van der Waals surface area contributed by atoms with Gasteiger partial charge in [-0.15, -0.1) is 0 Å². The van der Waals surface area contributed by atoms with Crippen LogP contribution in [0.15, 0.2) is 0 Å². The van der Waals surface area contributed by atoms with Crippen LogP contribution in [0.3, 0.4) is 0 Å². The molecule has 0 amide bonds. The topological polar surface area (TPSA) is 18.5 Å². The van der Waals surface area contributed by atoms with Crippen molar-refractivity contribution in [2.45, 2.75) is 118 Å². The Kier molecular flexibility index (Phi) is 9.15. The van der Waals surface area contributed by atoms with Crippen LogP contribution >= 0.6 is 0 Å². The van der Waals surface area contributed by atoms with Crippen LogP contribution in [-0.4, -0.2) is 58.1 Å². The molecule has 0 aliphatic heterocycles. The fourth-order valence-electron chi connectivity index (χ4n) is 4.20. The highest BCUT2D eigenvalue weighted by Crippen LogP contribution is 2.25. The monoisotopic (exact) mass is 355 g/mol. The Labute approximate surface area is 159 Å². The van der Waals surface area contributed by atoms with Gasteiger partial charge < -0.3 is 5.32 Å². The van der Waals surface area contributed by atoms with E-state index in [0.717, 1.165) is 26.2 Å². The van der Waals surface area contributed by atoms with Gasteiger partial charge >= 0.3 is 0 Å². The van der Waals surface area contributed by atoms with Crippen molar-refractivity contribution in [3.63, 3.8) is 0 Å². The van der Waals surface area contributed by atoms with Gasteiger partial charge in [0.25, 0.3) is 0 Å². The molecule has 0 radical (unpaired) electrons. The Hall–Kier alpha value is -0.120. The first-order chi connectivity index (χ1) is 11.0. The van der Waals surface area contributed by atoms with Crippen LogP contribution < -0.4 is 5.32 Å². The van der Waals surface area contributed by atoms with Crippen molar-refractivity contribution in [3.8, 4) is 0 Å². The van der Waals surface area contributed by atoms with Crippen molar-refractivity contribution in [1.29, 1.82) is 0 Å². The first kappa shape index (κ1) is 24.9. The standard InChI is InChI=1S/C22H49N3/c1-19(2,3)24(20(4,5)6)17-13-15-23-16-14-18-25(21(7,8)9)22(10,11)12/h23H,13-18H2,1-12H3. The average molecular weight is 356 g/mol. The van der Waals surface area contributed by atoms with Gasteiger partial charge in [0.15, 0.2) is 0 Å². The predicted octanol–water partition coefficient (Wildman–Crippen LogP) is 5.15. The van der Waals surface area contributed by atoms with Crippen LogP contribution in [0.25, 0.3) is 0 Å². The van der Waals surface area contributed by atoms with E-state index < -0.39 is 0 Å². The summed E-state index contributed by atoms with van der Waals surface area (Å²) in [7, 11) is 0. The molecule has 0 aliphatic rings. The molecule has 0 aromatic rings. The maximum Gasteiger partial charge on any atom is 0.0130 e. The molecular formula is C22H49N3. The molecule has 152 valence electrons. The Morgan fingerprint density at radius 1 is 0.480 bits per heavy atom. The van der Waals surface area contributed by atoms with Crippen molar-refractivity contribution in [2.75, 3.05) is 26.2 Å². The van der Waals surface area contributed by atoms with Gasteiger partial charge in [-0.25, -0.2) is 0 Å². The highest BCUT2D eigenvalue weighted by atomic mass is 15.2. The predicted molar refractivity (Wildman–Crippen MR) is 115 cm³/mol. The van der Waals surface area contributed by atoms with E-state index in [9.17, 15) is 0 Å². The third kappa shape index (κ3) is 9.96. The largest absolute Gasteiger partial charge is 0.317 e. The highest BCUT2D eigenvalue weighted by molar-refractivity contribution is 4.87. The molecule has 0 bridgehead atoms. The van der Waals surface area contributed by atoms with E-state index in [-0.39, 0.29) is 22.2 Å². The second-order valence-electron chi connectivity index (χ2n) is 11.4. The van der Waals surface area contributed by atoms with Crippen molar-refractivity contribution in [1.82, 2.24) is 15.1 Å². The summed E-state index contributed by atoms with van der Waals surface area (Å²) >= 11 is 0. The molecule has 3 nitrogen and oxygen atoms in total. The number of nitrogens with one attached hydrogen (secondary N) is 1. The summed E-state index contributed by atoms with van der Waals surface area (Å²) in [5.41, 5.74) is 0.882. The number of nitrogens with zero attached hydrogens (tertiary/aromatic N) is 2. The van der Waals surface area contributed by atoms with Crippen LogP contribution in [0, 0.1) is 0 Å². The molecule has 3 heteroatoms. The van der Waals surface area contributed by atoms with Crippen LogP contribution in [0.4, 0.5) is 0 Å². The third-order valence-electron chi connectivity index (χ3n) is 4.71. The molecule has 1 N–H and O–H groups in total. The van der Waals surface area contributed by atoms with E-state index in [2.05, 4.69) is 98.2 Å². The molecule has 0 aliphatic carbocycles. The third-order valence-corrected chi connectivity index (χ3v) is 4.71. The summed E-state index contributed by atoms with van der Waals surface area (Å²) in [5.74, 6) is 0. The molecule has 0 aromatic carbocycles. The van der Waals surface area contributed by atoms with Crippen molar-refractivity contribution < 1.29 is 0 Å². The quantitative estimate of drug-likeness (QED) is 0.607. The fourth-order valence-corrected chi connectivity index (χ4v) is 4.20. The maximum atomic E-state index is 3.65. The average Bonchev–Trinajstić information content (AvgIpc) is 2.30. The first-order valence-corrected chi connectivity index (χ1v) is 10.2. The van der Waals surface area contributed by atoms with Gasteiger partial charge in [0, 0.05) is 35.2 Å². The first-order valence-electron chi connectivity index (χ1n) is 10.2. The van der Waals surface area contributed by atoms with E-state index in [1.807, 2.05) is 0 Å². The zero-order chi connectivity index (χ0) is 20.1. The Morgan fingerprint density at radius 2 is 0.720 bits per heavy atom. The molecule has 0 heterocycles. The van der Waals surface area contributed by atoms with E-state index in [0.29, 0.717) is 0 Å².